The van der Waals surface area contributed by atoms with Gasteiger partial charge in [0.25, 0.3) is 0 Å². The minimum Gasteiger partial charge on any atom is -0.464 e. The maximum absolute atomic E-state index is 12.5. The van der Waals surface area contributed by atoms with Gasteiger partial charge in [-0.15, -0.1) is 0 Å². The predicted octanol–water partition coefficient (Wildman–Crippen LogP) is 0.696. The molecule has 3 N–H and O–H groups in total. The Balaban J connectivity index is 2.21. The monoisotopic (exact) mass is 351 g/mol. The molecule has 2 aliphatic rings. The second kappa shape index (κ2) is 8.75. The molecule has 25 heavy (non-hydrogen) atoms. The molecule has 3 amide bonds. The van der Waals surface area contributed by atoms with Gasteiger partial charge in [-0.05, 0) is 39.0 Å². The third kappa shape index (κ3) is 4.88. The van der Waals surface area contributed by atoms with E-state index in [1.807, 2.05) is 12.2 Å². The molecule has 0 unspecified atom stereocenters. The van der Waals surface area contributed by atoms with Crippen molar-refractivity contribution in [2.24, 2.45) is 10.9 Å². The fourth-order valence-electron chi connectivity index (χ4n) is 2.84. The van der Waals surface area contributed by atoms with E-state index in [4.69, 9.17) is 9.84 Å². The number of allylic oxidation sites excluding steroid dienone is 1. The highest BCUT2D eigenvalue weighted by Gasteiger charge is 2.61. The number of aliphatic imine (C=N–C) groups is 1. The van der Waals surface area contributed by atoms with Crippen molar-refractivity contribution in [2.75, 3.05) is 13.2 Å². The Kier molecular flexibility index (Phi) is 6.69. The topological polar surface area (TPSA) is 117 Å². The predicted molar refractivity (Wildman–Crippen MR) is 91.1 cm³/mol. The van der Waals surface area contributed by atoms with E-state index in [9.17, 15) is 14.4 Å². The number of nitrogens with zero attached hydrogens (tertiary/aromatic N) is 1. The Hall–Kier alpha value is -2.22. The SMILES string of the molecule is CCOC(=O)[C@@]12C[C@H]1/C=C\CCC/C=N/C(=O)N[C@@H](CCO)C(=O)N2. The van der Waals surface area contributed by atoms with Gasteiger partial charge in [-0.2, -0.15) is 0 Å². The van der Waals surface area contributed by atoms with Crippen molar-refractivity contribution in [1.82, 2.24) is 10.6 Å². The molecule has 2 rings (SSSR count). The molecule has 1 heterocycles. The summed E-state index contributed by atoms with van der Waals surface area (Å²) >= 11 is 0. The molecule has 0 aromatic carbocycles. The Labute approximate surface area is 146 Å². The Morgan fingerprint density at radius 1 is 1.44 bits per heavy atom. The molecule has 138 valence electrons. The van der Waals surface area contributed by atoms with Crippen molar-refractivity contribution in [3.8, 4) is 0 Å². The quantitative estimate of drug-likeness (QED) is 0.509. The average molecular weight is 351 g/mol. The van der Waals surface area contributed by atoms with Gasteiger partial charge in [-0.1, -0.05) is 12.2 Å². The van der Waals surface area contributed by atoms with E-state index < -0.39 is 29.5 Å². The number of urea groups is 1. The van der Waals surface area contributed by atoms with Gasteiger partial charge >= 0.3 is 12.0 Å². The molecule has 1 saturated carbocycles. The molecule has 8 heteroatoms. The minimum atomic E-state index is -1.09. The lowest BCUT2D eigenvalue weighted by Crippen LogP contribution is -2.54. The highest BCUT2D eigenvalue weighted by Crippen LogP contribution is 2.46. The molecule has 0 saturated heterocycles. The molecule has 0 aromatic heterocycles. The number of hydrogen-bond acceptors (Lipinski definition) is 5. The summed E-state index contributed by atoms with van der Waals surface area (Å²) in [5.41, 5.74) is -1.09. The van der Waals surface area contributed by atoms with Crippen LogP contribution in [0.15, 0.2) is 17.1 Å². The lowest BCUT2D eigenvalue weighted by atomic mass is 10.1. The minimum absolute atomic E-state index is 0.0342. The summed E-state index contributed by atoms with van der Waals surface area (Å²) in [6, 6.07) is -1.60. The number of carbonyl (C=O) groups excluding carboxylic acids is 3. The molecule has 1 aliphatic heterocycles. The van der Waals surface area contributed by atoms with Crippen LogP contribution >= 0.6 is 0 Å². The Morgan fingerprint density at radius 2 is 2.24 bits per heavy atom. The lowest BCUT2D eigenvalue weighted by Gasteiger charge is -2.22. The number of aliphatic hydroxyl groups is 1. The Morgan fingerprint density at radius 3 is 2.96 bits per heavy atom. The van der Waals surface area contributed by atoms with Crippen molar-refractivity contribution in [1.29, 1.82) is 0 Å². The van der Waals surface area contributed by atoms with Crippen molar-refractivity contribution in [3.05, 3.63) is 12.2 Å². The van der Waals surface area contributed by atoms with Gasteiger partial charge in [0.05, 0.1) is 6.61 Å². The average Bonchev–Trinajstić information content (AvgIpc) is 3.27. The van der Waals surface area contributed by atoms with Gasteiger partial charge in [-0.3, -0.25) is 4.79 Å². The van der Waals surface area contributed by atoms with Gasteiger partial charge in [0, 0.05) is 18.7 Å². The number of carbonyl (C=O) groups is 3. The highest BCUT2D eigenvalue weighted by atomic mass is 16.5. The van der Waals surface area contributed by atoms with Crippen LogP contribution in [0.4, 0.5) is 4.79 Å². The van der Waals surface area contributed by atoms with E-state index in [0.29, 0.717) is 12.8 Å². The highest BCUT2D eigenvalue weighted by molar-refractivity contribution is 5.95. The van der Waals surface area contributed by atoms with E-state index >= 15 is 0 Å². The molecule has 0 bridgehead atoms. The van der Waals surface area contributed by atoms with Crippen LogP contribution in [0.1, 0.15) is 39.0 Å². The van der Waals surface area contributed by atoms with Crippen LogP contribution in [-0.4, -0.2) is 54.0 Å². The first-order valence-electron chi connectivity index (χ1n) is 8.63. The van der Waals surface area contributed by atoms with Crippen LogP contribution in [0.2, 0.25) is 0 Å². The normalized spacial score (nSPS) is 32.4. The van der Waals surface area contributed by atoms with E-state index in [2.05, 4.69) is 15.6 Å². The first-order valence-corrected chi connectivity index (χ1v) is 8.63. The van der Waals surface area contributed by atoms with Gasteiger partial charge in [-0.25, -0.2) is 14.6 Å². The maximum atomic E-state index is 12.5. The van der Waals surface area contributed by atoms with E-state index in [0.717, 1.165) is 12.8 Å². The molecular formula is C17H25N3O5. The van der Waals surface area contributed by atoms with Crippen LogP contribution in [0.25, 0.3) is 0 Å². The van der Waals surface area contributed by atoms with Crippen molar-refractivity contribution in [3.63, 3.8) is 0 Å². The number of ether oxygens (including phenoxy) is 1. The van der Waals surface area contributed by atoms with E-state index in [1.54, 1.807) is 6.92 Å². The zero-order valence-electron chi connectivity index (χ0n) is 14.4. The lowest BCUT2D eigenvalue weighted by molar-refractivity contribution is -0.149. The smallest absolute Gasteiger partial charge is 0.341 e. The fraction of sp³-hybridized carbons (Fsp3) is 0.647. The number of fused-ring (bicyclic) bond motifs is 1. The van der Waals surface area contributed by atoms with E-state index in [-0.39, 0.29) is 25.6 Å². The van der Waals surface area contributed by atoms with Crippen LogP contribution in [0, 0.1) is 5.92 Å². The zero-order valence-corrected chi connectivity index (χ0v) is 14.4. The first kappa shape index (κ1) is 19.1. The second-order valence-electron chi connectivity index (χ2n) is 6.18. The molecule has 1 aliphatic carbocycles. The van der Waals surface area contributed by atoms with Crippen molar-refractivity contribution >= 4 is 24.1 Å². The van der Waals surface area contributed by atoms with Gasteiger partial charge in [0.15, 0.2) is 0 Å². The van der Waals surface area contributed by atoms with Crippen molar-refractivity contribution in [2.45, 2.75) is 50.6 Å². The summed E-state index contributed by atoms with van der Waals surface area (Å²) in [5, 5.41) is 14.3. The van der Waals surface area contributed by atoms with Gasteiger partial charge in [0.1, 0.15) is 11.6 Å². The molecule has 0 radical (unpaired) electrons. The molecule has 0 aromatic rings. The molecule has 3 atom stereocenters. The first-order chi connectivity index (χ1) is 12.0. The summed E-state index contributed by atoms with van der Waals surface area (Å²) < 4.78 is 5.11. The van der Waals surface area contributed by atoms with Crippen LogP contribution in [0.5, 0.6) is 0 Å². The Bertz CT molecular complexity index is 575. The molecule has 1 fully saturated rings. The second-order valence-corrected chi connectivity index (χ2v) is 6.18. The zero-order chi connectivity index (χ0) is 18.3. The summed E-state index contributed by atoms with van der Waals surface area (Å²) in [7, 11) is 0. The summed E-state index contributed by atoms with van der Waals surface area (Å²) in [4.78, 5) is 40.4. The van der Waals surface area contributed by atoms with Gasteiger partial charge in [0.2, 0.25) is 5.91 Å². The third-order valence-corrected chi connectivity index (χ3v) is 4.31. The standard InChI is InChI=1S/C17H25N3O5/c1-2-25-15(23)17-11-12(17)7-5-3-4-6-9-18-16(24)19-13(8-10-21)14(22)20-17/h5,7,9,12-13,21H,2-4,6,8,10-11H2,1H3,(H,19,24)(H,20,22)/b7-5-,18-9+/t12-,13+,17-/m1/s1. The molecule has 8 nitrogen and oxygen atoms in total. The largest absolute Gasteiger partial charge is 0.464 e. The number of amides is 3. The van der Waals surface area contributed by atoms with Crippen LogP contribution in [0.3, 0.4) is 0 Å². The summed E-state index contributed by atoms with van der Waals surface area (Å²) in [6.45, 7) is 1.65. The summed E-state index contributed by atoms with van der Waals surface area (Å²) in [6.07, 6.45) is 8.19. The van der Waals surface area contributed by atoms with Crippen LogP contribution in [-0.2, 0) is 14.3 Å². The molecule has 0 spiro atoms. The summed E-state index contributed by atoms with van der Waals surface area (Å²) in [5.74, 6) is -1.13. The number of hydrogen-bond donors (Lipinski definition) is 3. The number of nitrogens with one attached hydrogen (secondary N) is 2. The third-order valence-electron chi connectivity index (χ3n) is 4.31. The van der Waals surface area contributed by atoms with Gasteiger partial charge < -0.3 is 20.5 Å². The van der Waals surface area contributed by atoms with Crippen LogP contribution < -0.4 is 10.6 Å². The maximum Gasteiger partial charge on any atom is 0.341 e. The number of esters is 1. The number of aliphatic hydroxyl groups excluding tert-OH is 1. The van der Waals surface area contributed by atoms with Crippen molar-refractivity contribution < 1.29 is 24.2 Å². The fourth-order valence-corrected chi connectivity index (χ4v) is 2.84. The molecular weight excluding hydrogens is 326 g/mol. The number of rotatable bonds is 4. The van der Waals surface area contributed by atoms with E-state index in [1.165, 1.54) is 6.21 Å².